The highest BCUT2D eigenvalue weighted by Crippen LogP contribution is 2.28. The van der Waals surface area contributed by atoms with E-state index >= 15 is 0 Å². The van der Waals surface area contributed by atoms with Gasteiger partial charge in [0.25, 0.3) is 0 Å². The number of allylic oxidation sites excluding steroid dienone is 4. The second kappa shape index (κ2) is 3.70. The van der Waals surface area contributed by atoms with Gasteiger partial charge in [0.05, 0.1) is 12.9 Å². The second-order valence-electron chi connectivity index (χ2n) is 3.57. The monoisotopic (exact) mass is 174 g/mol. The zero-order chi connectivity index (χ0) is 9.10. The Labute approximate surface area is 79.5 Å². The van der Waals surface area contributed by atoms with E-state index in [4.69, 9.17) is 4.74 Å². The minimum Gasteiger partial charge on any atom is -0.501 e. The molecule has 0 amide bonds. The average Bonchev–Trinajstić information content (AvgIpc) is 2.99. The molecule has 0 spiro atoms. The van der Waals surface area contributed by atoms with Crippen LogP contribution in [-0.2, 0) is 4.74 Å². The van der Waals surface area contributed by atoms with Crippen LogP contribution in [0.4, 0.5) is 0 Å². The van der Waals surface area contributed by atoms with E-state index in [9.17, 15) is 0 Å². The molecular formula is C12H14O. The maximum Gasteiger partial charge on any atom is 0.0959 e. The fraction of sp³-hybridized carbons (Fsp3) is 0.500. The first-order valence-corrected chi connectivity index (χ1v) is 4.84. The molecule has 2 rings (SSSR count). The fourth-order valence-electron chi connectivity index (χ4n) is 1.31. The largest absolute Gasteiger partial charge is 0.501 e. The molecule has 0 unspecified atom stereocenters. The van der Waals surface area contributed by atoms with Crippen molar-refractivity contribution in [3.8, 4) is 11.8 Å². The summed E-state index contributed by atoms with van der Waals surface area (Å²) in [6, 6.07) is 0. The first kappa shape index (κ1) is 8.44. The molecule has 0 radical (unpaired) electrons. The Bertz CT molecular complexity index is 308. The summed E-state index contributed by atoms with van der Waals surface area (Å²) in [7, 11) is 1.72. The summed E-state index contributed by atoms with van der Waals surface area (Å²) in [5, 5.41) is 0. The van der Waals surface area contributed by atoms with Crippen LogP contribution in [0.15, 0.2) is 23.5 Å². The van der Waals surface area contributed by atoms with E-state index in [0.29, 0.717) is 5.92 Å². The maximum absolute atomic E-state index is 5.15. The molecule has 0 saturated heterocycles. The SMILES string of the molecule is COC1=CC=C(C#CC2CC2)CC1. The lowest BCUT2D eigenvalue weighted by molar-refractivity contribution is 0.276. The van der Waals surface area contributed by atoms with Gasteiger partial charge in [0.15, 0.2) is 0 Å². The summed E-state index contributed by atoms with van der Waals surface area (Å²) in [5.74, 6) is 8.28. The van der Waals surface area contributed by atoms with Crippen molar-refractivity contribution in [3.63, 3.8) is 0 Å². The van der Waals surface area contributed by atoms with Crippen molar-refractivity contribution in [1.29, 1.82) is 0 Å². The van der Waals surface area contributed by atoms with Crippen LogP contribution in [0.25, 0.3) is 0 Å². The van der Waals surface area contributed by atoms with Crippen LogP contribution < -0.4 is 0 Å². The van der Waals surface area contributed by atoms with Crippen molar-refractivity contribution < 1.29 is 4.74 Å². The molecule has 0 aromatic carbocycles. The van der Waals surface area contributed by atoms with Crippen LogP contribution in [-0.4, -0.2) is 7.11 Å². The number of hydrogen-bond acceptors (Lipinski definition) is 1. The second-order valence-corrected chi connectivity index (χ2v) is 3.57. The Morgan fingerprint density at radius 1 is 1.31 bits per heavy atom. The average molecular weight is 174 g/mol. The van der Waals surface area contributed by atoms with Gasteiger partial charge >= 0.3 is 0 Å². The molecule has 0 heterocycles. The number of ether oxygens (including phenoxy) is 1. The first-order chi connectivity index (χ1) is 6.38. The van der Waals surface area contributed by atoms with Crippen molar-refractivity contribution in [1.82, 2.24) is 0 Å². The van der Waals surface area contributed by atoms with Gasteiger partial charge in [-0.1, -0.05) is 11.8 Å². The zero-order valence-corrected chi connectivity index (χ0v) is 7.97. The lowest BCUT2D eigenvalue weighted by atomic mass is 10.0. The molecule has 0 aromatic heterocycles. The highest BCUT2D eigenvalue weighted by Gasteiger charge is 2.17. The highest BCUT2D eigenvalue weighted by molar-refractivity contribution is 5.36. The lowest BCUT2D eigenvalue weighted by Crippen LogP contribution is -1.93. The third kappa shape index (κ3) is 2.39. The van der Waals surface area contributed by atoms with Gasteiger partial charge < -0.3 is 4.74 Å². The van der Waals surface area contributed by atoms with Crippen molar-refractivity contribution in [2.75, 3.05) is 7.11 Å². The zero-order valence-electron chi connectivity index (χ0n) is 7.97. The Balaban J connectivity index is 1.98. The number of hydrogen-bond donors (Lipinski definition) is 0. The Hall–Kier alpha value is -1.16. The van der Waals surface area contributed by atoms with E-state index in [0.717, 1.165) is 18.6 Å². The molecule has 1 fully saturated rings. The molecule has 0 atom stereocenters. The Morgan fingerprint density at radius 3 is 2.69 bits per heavy atom. The third-order valence-corrected chi connectivity index (χ3v) is 2.39. The number of rotatable bonds is 1. The molecule has 0 N–H and O–H groups in total. The number of methoxy groups -OCH3 is 1. The molecule has 68 valence electrons. The Kier molecular flexibility index (Phi) is 2.40. The fourth-order valence-corrected chi connectivity index (χ4v) is 1.31. The highest BCUT2D eigenvalue weighted by atomic mass is 16.5. The van der Waals surface area contributed by atoms with Gasteiger partial charge in [-0.25, -0.2) is 0 Å². The van der Waals surface area contributed by atoms with Crippen LogP contribution in [0.5, 0.6) is 0 Å². The van der Waals surface area contributed by atoms with E-state index in [-0.39, 0.29) is 0 Å². The van der Waals surface area contributed by atoms with E-state index < -0.39 is 0 Å². The van der Waals surface area contributed by atoms with Gasteiger partial charge in [0.2, 0.25) is 0 Å². The summed E-state index contributed by atoms with van der Waals surface area (Å²) in [6.07, 6.45) is 8.76. The van der Waals surface area contributed by atoms with Gasteiger partial charge in [0, 0.05) is 17.9 Å². The van der Waals surface area contributed by atoms with Crippen molar-refractivity contribution >= 4 is 0 Å². The summed E-state index contributed by atoms with van der Waals surface area (Å²) in [5.41, 5.74) is 1.26. The summed E-state index contributed by atoms with van der Waals surface area (Å²) in [6.45, 7) is 0. The Morgan fingerprint density at radius 2 is 2.15 bits per heavy atom. The molecule has 1 heteroatoms. The van der Waals surface area contributed by atoms with Gasteiger partial charge in [-0.15, -0.1) is 0 Å². The van der Waals surface area contributed by atoms with Crippen LogP contribution in [0.2, 0.25) is 0 Å². The molecule has 0 aromatic rings. The lowest BCUT2D eigenvalue weighted by Gasteiger charge is -2.09. The minimum atomic E-state index is 0.703. The summed E-state index contributed by atoms with van der Waals surface area (Å²) in [4.78, 5) is 0. The predicted octanol–water partition coefficient (Wildman–Crippen LogP) is 2.65. The predicted molar refractivity (Wildman–Crippen MR) is 52.9 cm³/mol. The smallest absolute Gasteiger partial charge is 0.0959 e. The van der Waals surface area contributed by atoms with E-state index in [2.05, 4.69) is 17.9 Å². The maximum atomic E-state index is 5.15. The molecule has 2 aliphatic carbocycles. The van der Waals surface area contributed by atoms with Crippen molar-refractivity contribution in [2.24, 2.45) is 5.92 Å². The third-order valence-electron chi connectivity index (χ3n) is 2.39. The van der Waals surface area contributed by atoms with Gasteiger partial charge in [-0.2, -0.15) is 0 Å². The molecule has 13 heavy (non-hydrogen) atoms. The van der Waals surface area contributed by atoms with E-state index in [1.807, 2.05) is 6.08 Å². The molecular weight excluding hydrogens is 160 g/mol. The minimum absolute atomic E-state index is 0.703. The van der Waals surface area contributed by atoms with E-state index in [1.54, 1.807) is 7.11 Å². The summed E-state index contributed by atoms with van der Waals surface area (Å²) >= 11 is 0. The molecule has 0 bridgehead atoms. The quantitative estimate of drug-likeness (QED) is 0.555. The van der Waals surface area contributed by atoms with Gasteiger partial charge in [-0.05, 0) is 31.4 Å². The normalized spacial score (nSPS) is 21.0. The topological polar surface area (TPSA) is 9.23 Å². The van der Waals surface area contributed by atoms with Crippen molar-refractivity contribution in [2.45, 2.75) is 25.7 Å². The molecule has 2 aliphatic rings. The van der Waals surface area contributed by atoms with E-state index in [1.165, 1.54) is 18.4 Å². The van der Waals surface area contributed by atoms with Gasteiger partial charge in [0.1, 0.15) is 0 Å². The van der Waals surface area contributed by atoms with Crippen molar-refractivity contribution in [3.05, 3.63) is 23.5 Å². The molecule has 0 aliphatic heterocycles. The van der Waals surface area contributed by atoms with Gasteiger partial charge in [-0.3, -0.25) is 0 Å². The van der Waals surface area contributed by atoms with Crippen LogP contribution in [0.3, 0.4) is 0 Å². The van der Waals surface area contributed by atoms with Crippen LogP contribution in [0.1, 0.15) is 25.7 Å². The summed E-state index contributed by atoms with van der Waals surface area (Å²) < 4.78 is 5.15. The van der Waals surface area contributed by atoms with Crippen LogP contribution >= 0.6 is 0 Å². The first-order valence-electron chi connectivity index (χ1n) is 4.84. The standard InChI is InChI=1S/C12H14O/c1-13-12-8-6-11(7-9-12)5-4-10-2-3-10/h6,8,10H,2-3,7,9H2,1H3. The van der Waals surface area contributed by atoms with Crippen LogP contribution in [0, 0.1) is 17.8 Å². The molecule has 1 nitrogen and oxygen atoms in total. The molecule has 1 saturated carbocycles.